The molecule has 0 amide bonds. The van der Waals surface area contributed by atoms with Crippen molar-refractivity contribution in [3.63, 3.8) is 0 Å². The van der Waals surface area contributed by atoms with Crippen molar-refractivity contribution in [2.45, 2.75) is 26.3 Å². The Labute approximate surface area is 84.0 Å². The van der Waals surface area contributed by atoms with Gasteiger partial charge in [0, 0.05) is 13.1 Å². The summed E-state index contributed by atoms with van der Waals surface area (Å²) >= 11 is 4.87. The van der Waals surface area contributed by atoms with Crippen LogP contribution in [0, 0.1) is 0 Å². The average molecular weight is 204 g/mol. The van der Waals surface area contributed by atoms with Gasteiger partial charge in [-0.3, -0.25) is 4.79 Å². The summed E-state index contributed by atoms with van der Waals surface area (Å²) < 4.78 is 4.79. The molecule has 13 heavy (non-hydrogen) atoms. The Hall–Kier alpha value is -0.840. The third-order valence-electron chi connectivity index (χ3n) is 1.38. The highest BCUT2D eigenvalue weighted by molar-refractivity contribution is 7.80. The lowest BCUT2D eigenvalue weighted by Gasteiger charge is -2.14. The van der Waals surface area contributed by atoms with Gasteiger partial charge in [-0.1, -0.05) is 0 Å². The van der Waals surface area contributed by atoms with Crippen LogP contribution in [-0.2, 0) is 9.53 Å². The summed E-state index contributed by atoms with van der Waals surface area (Å²) in [6.07, 6.45) is 0.329. The Morgan fingerprint density at radius 3 is 2.69 bits per heavy atom. The van der Waals surface area contributed by atoms with E-state index in [4.69, 9.17) is 17.0 Å². The number of hydrogen-bond donors (Lipinski definition) is 2. The van der Waals surface area contributed by atoms with Gasteiger partial charge in [0.15, 0.2) is 5.11 Å². The molecule has 0 aromatic rings. The molecule has 0 aromatic heterocycles. The van der Waals surface area contributed by atoms with Gasteiger partial charge in [-0.05, 0) is 26.1 Å². The molecule has 1 atom stereocenters. The molecule has 0 aliphatic rings. The van der Waals surface area contributed by atoms with E-state index in [-0.39, 0.29) is 12.0 Å². The number of nitrogens with one attached hydrogen (secondary N) is 2. The molecule has 0 fully saturated rings. The van der Waals surface area contributed by atoms with E-state index >= 15 is 0 Å². The van der Waals surface area contributed by atoms with E-state index in [1.807, 2.05) is 6.92 Å². The van der Waals surface area contributed by atoms with E-state index in [1.54, 1.807) is 14.0 Å². The van der Waals surface area contributed by atoms with Crippen molar-refractivity contribution in [1.29, 1.82) is 0 Å². The van der Waals surface area contributed by atoms with Crippen molar-refractivity contribution < 1.29 is 9.53 Å². The number of carbonyl (C=O) groups is 1. The van der Waals surface area contributed by atoms with Crippen molar-refractivity contribution in [3.05, 3.63) is 0 Å². The van der Waals surface area contributed by atoms with E-state index in [9.17, 15) is 4.79 Å². The van der Waals surface area contributed by atoms with Gasteiger partial charge in [-0.15, -0.1) is 0 Å². The average Bonchev–Trinajstić information content (AvgIpc) is 2.04. The van der Waals surface area contributed by atoms with Crippen LogP contribution in [-0.4, -0.2) is 30.8 Å². The molecule has 0 saturated carbocycles. The predicted molar refractivity (Wildman–Crippen MR) is 55.5 cm³/mol. The third kappa shape index (κ3) is 6.33. The van der Waals surface area contributed by atoms with Gasteiger partial charge in [0.2, 0.25) is 0 Å². The number of ether oxygens (including phenoxy) is 1. The van der Waals surface area contributed by atoms with Gasteiger partial charge in [0.1, 0.15) is 0 Å². The molecular weight excluding hydrogens is 188 g/mol. The van der Waals surface area contributed by atoms with Crippen molar-refractivity contribution in [1.82, 2.24) is 10.6 Å². The van der Waals surface area contributed by atoms with Gasteiger partial charge in [-0.2, -0.15) is 0 Å². The minimum absolute atomic E-state index is 0.000926. The minimum atomic E-state index is -0.207. The smallest absolute Gasteiger partial charge is 0.307 e. The second-order valence-electron chi connectivity index (χ2n) is 2.63. The summed E-state index contributed by atoms with van der Waals surface area (Å²) in [4.78, 5) is 11.0. The monoisotopic (exact) mass is 204 g/mol. The van der Waals surface area contributed by atoms with Crippen LogP contribution in [0.5, 0.6) is 0 Å². The lowest BCUT2D eigenvalue weighted by Crippen LogP contribution is -2.39. The zero-order valence-corrected chi connectivity index (χ0v) is 9.03. The quantitative estimate of drug-likeness (QED) is 0.513. The summed E-state index contributed by atoms with van der Waals surface area (Å²) in [6, 6.07) is -0.000926. The molecule has 4 nitrogen and oxygen atoms in total. The summed E-state index contributed by atoms with van der Waals surface area (Å²) in [6.45, 7) is 4.08. The molecule has 2 N–H and O–H groups in total. The fourth-order valence-corrected chi connectivity index (χ4v) is 1.02. The summed E-state index contributed by atoms with van der Waals surface area (Å²) in [5.41, 5.74) is 0. The zero-order valence-electron chi connectivity index (χ0n) is 8.22. The van der Waals surface area contributed by atoms with Crippen LogP contribution in [0.4, 0.5) is 0 Å². The molecule has 5 heteroatoms. The predicted octanol–water partition coefficient (Wildman–Crippen LogP) is 0.422. The first-order valence-electron chi connectivity index (χ1n) is 4.24. The maximum atomic E-state index is 11.0. The van der Waals surface area contributed by atoms with Crippen molar-refractivity contribution in [2.75, 3.05) is 13.7 Å². The molecule has 0 bridgehead atoms. The van der Waals surface area contributed by atoms with Gasteiger partial charge < -0.3 is 15.4 Å². The highest BCUT2D eigenvalue weighted by atomic mass is 32.1. The third-order valence-corrected chi connectivity index (χ3v) is 1.70. The molecule has 0 rings (SSSR count). The van der Waals surface area contributed by atoms with Crippen molar-refractivity contribution >= 4 is 23.3 Å². The highest BCUT2D eigenvalue weighted by Crippen LogP contribution is 1.93. The van der Waals surface area contributed by atoms with Gasteiger partial charge in [0.05, 0.1) is 13.0 Å². The molecule has 1 unspecified atom stereocenters. The summed E-state index contributed by atoms with van der Waals surface area (Å²) in [5, 5.41) is 6.25. The van der Waals surface area contributed by atoms with Crippen LogP contribution in [0.1, 0.15) is 20.3 Å². The van der Waals surface area contributed by atoms with Crippen LogP contribution in [0.15, 0.2) is 0 Å². The maximum absolute atomic E-state index is 11.0. The fourth-order valence-electron chi connectivity index (χ4n) is 0.817. The van der Waals surface area contributed by atoms with Crippen LogP contribution in [0.25, 0.3) is 0 Å². The maximum Gasteiger partial charge on any atom is 0.307 e. The normalized spacial score (nSPS) is 11.6. The second-order valence-corrected chi connectivity index (χ2v) is 3.04. The van der Waals surface area contributed by atoms with Crippen LogP contribution in [0.3, 0.4) is 0 Å². The number of esters is 1. The largest absolute Gasteiger partial charge is 0.466 e. The summed E-state index contributed by atoms with van der Waals surface area (Å²) in [7, 11) is 1.73. The van der Waals surface area contributed by atoms with Crippen LogP contribution < -0.4 is 10.6 Å². The number of thiocarbonyl (C=S) groups is 1. The Balaban J connectivity index is 3.67. The molecule has 0 heterocycles. The van der Waals surface area contributed by atoms with Crippen molar-refractivity contribution in [2.24, 2.45) is 0 Å². The van der Waals surface area contributed by atoms with Gasteiger partial charge in [-0.25, -0.2) is 0 Å². The number of rotatable bonds is 4. The molecule has 0 saturated heterocycles. The summed E-state index contributed by atoms with van der Waals surface area (Å²) in [5.74, 6) is -0.207. The first kappa shape index (κ1) is 12.2. The Morgan fingerprint density at radius 1 is 1.62 bits per heavy atom. The molecule has 0 spiro atoms. The van der Waals surface area contributed by atoms with Crippen molar-refractivity contribution in [3.8, 4) is 0 Å². The first-order chi connectivity index (χ1) is 6.10. The number of carbonyl (C=O) groups excluding carboxylic acids is 1. The lowest BCUT2D eigenvalue weighted by molar-refractivity contribution is -0.143. The Bertz CT molecular complexity index is 185. The second kappa shape index (κ2) is 6.65. The van der Waals surface area contributed by atoms with Gasteiger partial charge in [0.25, 0.3) is 0 Å². The lowest BCUT2D eigenvalue weighted by atomic mass is 10.2. The topological polar surface area (TPSA) is 50.4 Å². The molecule has 0 radical (unpaired) electrons. The number of hydrogen-bond acceptors (Lipinski definition) is 3. The molecule has 0 aliphatic carbocycles. The zero-order chi connectivity index (χ0) is 10.3. The highest BCUT2D eigenvalue weighted by Gasteiger charge is 2.09. The van der Waals surface area contributed by atoms with Crippen LogP contribution in [0.2, 0.25) is 0 Å². The fraction of sp³-hybridized carbons (Fsp3) is 0.750. The molecule has 76 valence electrons. The Kier molecular flexibility index (Phi) is 6.22. The van der Waals surface area contributed by atoms with E-state index in [0.717, 1.165) is 0 Å². The first-order valence-corrected chi connectivity index (χ1v) is 4.64. The van der Waals surface area contributed by atoms with Crippen LogP contribution >= 0.6 is 12.2 Å². The molecular formula is C8H16N2O2S. The van der Waals surface area contributed by atoms with E-state index < -0.39 is 0 Å². The van der Waals surface area contributed by atoms with E-state index in [1.165, 1.54) is 0 Å². The SMILES string of the molecule is CCOC(=O)CC(C)NC(=S)NC. The minimum Gasteiger partial charge on any atom is -0.466 e. The Morgan fingerprint density at radius 2 is 2.23 bits per heavy atom. The van der Waals surface area contributed by atoms with E-state index in [0.29, 0.717) is 18.1 Å². The molecule has 0 aliphatic heterocycles. The van der Waals surface area contributed by atoms with Gasteiger partial charge >= 0.3 is 5.97 Å². The van der Waals surface area contributed by atoms with E-state index in [2.05, 4.69) is 10.6 Å². The molecule has 0 aromatic carbocycles. The standard InChI is InChI=1S/C8H16N2O2S/c1-4-12-7(11)5-6(2)10-8(13)9-3/h6H,4-5H2,1-3H3,(H2,9,10,13).